The molecule has 14 nitrogen and oxygen atoms in total. The Bertz CT molecular complexity index is 2000. The second-order valence-corrected chi connectivity index (χ2v) is 24.4. The van der Waals surface area contributed by atoms with Gasteiger partial charge in [0.05, 0.1) is 24.4 Å². The Morgan fingerprint density at radius 3 is 2.22 bits per heavy atom. The topological polar surface area (TPSA) is 188 Å². The van der Waals surface area contributed by atoms with Gasteiger partial charge in [-0.1, -0.05) is 72.3 Å². The lowest BCUT2D eigenvalue weighted by atomic mass is 9.81. The molecule has 14 atom stereocenters. The van der Waals surface area contributed by atoms with E-state index in [-0.39, 0.29) is 54.8 Å². The molecule has 3 heterocycles. The van der Waals surface area contributed by atoms with Crippen LogP contribution in [0.15, 0.2) is 41.5 Å². The van der Waals surface area contributed by atoms with Crippen LogP contribution in [0.2, 0.25) is 13.1 Å². The molecule has 14 unspecified atom stereocenters. The van der Waals surface area contributed by atoms with Crippen molar-refractivity contribution < 1.29 is 62.6 Å². The molecule has 1 aliphatic carbocycles. The van der Waals surface area contributed by atoms with Gasteiger partial charge in [-0.25, -0.2) is 4.79 Å². The molecular weight excluding hydrogens is 899 g/mol. The third kappa shape index (κ3) is 14.0. The summed E-state index contributed by atoms with van der Waals surface area (Å²) in [5.74, 6) is -6.51. The number of fused-ring (bicyclic) bond motifs is 3. The van der Waals surface area contributed by atoms with E-state index in [1.165, 1.54) is 19.1 Å². The summed E-state index contributed by atoms with van der Waals surface area (Å²) in [6.07, 6.45) is 2.80. The Kier molecular flexibility index (Phi) is 19.9. The van der Waals surface area contributed by atoms with E-state index in [4.69, 9.17) is 28.1 Å². The number of hydrogen-bond donors (Lipinski definition) is 3. The number of benzene rings is 1. The van der Waals surface area contributed by atoms with E-state index in [2.05, 4.69) is 39.9 Å². The number of nitrogens with zero attached hydrogens (tertiary/aromatic N) is 1. The van der Waals surface area contributed by atoms with Gasteiger partial charge in [0, 0.05) is 44.9 Å². The number of allylic oxidation sites excluding steroid dienone is 3. The van der Waals surface area contributed by atoms with Gasteiger partial charge in [0.1, 0.15) is 35.9 Å². The summed E-state index contributed by atoms with van der Waals surface area (Å²) >= 11 is 0. The molecule has 2 bridgehead atoms. The number of carbonyl (C=O) groups is 4. The van der Waals surface area contributed by atoms with E-state index < -0.39 is 93.1 Å². The van der Waals surface area contributed by atoms with Crippen molar-refractivity contribution in [2.75, 3.05) is 20.8 Å². The van der Waals surface area contributed by atoms with Crippen LogP contribution in [0.4, 0.5) is 0 Å². The number of rotatable bonds is 9. The summed E-state index contributed by atoms with van der Waals surface area (Å²) in [6.45, 7) is 21.9. The van der Waals surface area contributed by atoms with Crippen LogP contribution < -0.4 is 9.16 Å². The van der Waals surface area contributed by atoms with Crippen molar-refractivity contribution in [3.05, 3.63) is 47.1 Å². The van der Waals surface area contributed by atoms with Gasteiger partial charge in [-0.05, 0) is 132 Å². The van der Waals surface area contributed by atoms with E-state index in [0.717, 1.165) is 11.1 Å². The number of carbonyl (C=O) groups excluding carboxylic acids is 4. The molecule has 3 aliphatic heterocycles. The molecule has 5 rings (SSSR count). The predicted octanol–water partition coefficient (Wildman–Crippen LogP) is 7.57. The van der Waals surface area contributed by atoms with Crippen LogP contribution in [0.5, 0.6) is 11.5 Å². The van der Waals surface area contributed by atoms with Crippen LogP contribution in [0.1, 0.15) is 139 Å². The molecule has 0 aromatic heterocycles. The van der Waals surface area contributed by atoms with Crippen molar-refractivity contribution in [1.29, 1.82) is 0 Å². The third-order valence-electron chi connectivity index (χ3n) is 15.1. The number of amides is 1. The number of hydrogen-bond acceptors (Lipinski definition) is 13. The summed E-state index contributed by atoms with van der Waals surface area (Å²) in [5, 5.41) is 35.6. The summed E-state index contributed by atoms with van der Waals surface area (Å²) in [7, 11) is 1.57. The molecule has 0 radical (unpaired) electrons. The maximum Gasteiger partial charge on any atom is 0.329 e. The molecule has 1 amide bonds. The number of methoxy groups -OCH3 is 2. The number of piperidine rings is 1. The third-order valence-corrected chi connectivity index (χ3v) is 15.8. The van der Waals surface area contributed by atoms with Gasteiger partial charge in [-0.3, -0.25) is 14.4 Å². The fraction of sp³-hybridized carbons (Fsp3) is 0.741. The summed E-state index contributed by atoms with van der Waals surface area (Å²) < 4.78 is 37.2. The predicted molar refractivity (Wildman–Crippen MR) is 266 cm³/mol. The van der Waals surface area contributed by atoms with Crippen molar-refractivity contribution in [3.63, 3.8) is 0 Å². The first kappa shape index (κ1) is 56.5. The lowest BCUT2D eigenvalue weighted by molar-refractivity contribution is -0.302. The highest BCUT2D eigenvalue weighted by Crippen LogP contribution is 2.40. The van der Waals surface area contributed by atoms with Crippen LogP contribution in [0.25, 0.3) is 0 Å². The average molecular weight is 984 g/mol. The number of ether oxygens (including phenoxy) is 5. The van der Waals surface area contributed by atoms with Crippen LogP contribution in [-0.2, 0) is 43.5 Å². The Morgan fingerprint density at radius 1 is 0.913 bits per heavy atom. The van der Waals surface area contributed by atoms with Crippen LogP contribution >= 0.6 is 0 Å². The maximum atomic E-state index is 14.6. The quantitative estimate of drug-likeness (QED) is 0.0953. The lowest BCUT2D eigenvalue weighted by Crippen LogP contribution is -2.64. The molecule has 2 saturated heterocycles. The molecular formula is C54H85NO13Si. The summed E-state index contributed by atoms with van der Waals surface area (Å²) in [4.78, 5) is 58.6. The summed E-state index contributed by atoms with van der Waals surface area (Å²) in [5.41, 5.74) is 2.65. The number of esters is 1. The number of ketones is 2. The fourth-order valence-corrected chi connectivity index (χ4v) is 11.6. The van der Waals surface area contributed by atoms with Gasteiger partial charge in [0.25, 0.3) is 11.7 Å². The van der Waals surface area contributed by atoms with E-state index in [1.54, 1.807) is 13.8 Å². The van der Waals surface area contributed by atoms with E-state index >= 15 is 0 Å². The first-order chi connectivity index (χ1) is 32.4. The van der Waals surface area contributed by atoms with Gasteiger partial charge in [0.2, 0.25) is 14.8 Å². The second kappa shape index (κ2) is 24.3. The lowest BCUT2D eigenvalue weighted by Gasteiger charge is -2.47. The normalized spacial score (nSPS) is 35.4. The zero-order chi connectivity index (χ0) is 51.1. The van der Waals surface area contributed by atoms with Crippen molar-refractivity contribution in [1.82, 2.24) is 4.90 Å². The molecule has 15 heteroatoms. The standard InChI is InChI=1S/C54H85NO13Si/c1-14-37-24-31(2)23-32(3)25-46(63-10)49-47(64-11)27-34(5)54(62,67-49)50(59)51(60)55-22-16-15-17-39(55)52(61)66-48(35(6)40(56)30-41(37)57)33(4)26-36-18-20-43(42(58)28-36)65-44-21-19-38(53(7,8)9)29-45(44)68-69(12)13/h19,21,23,26,29,32,34-37,39-40,42-43,46-49,56,58,62,69H,14-18,20,22,24-25,27-28,30H2,1-13H3. The Balaban J connectivity index is 1.46. The van der Waals surface area contributed by atoms with Crippen LogP contribution in [-0.4, -0.2) is 128 Å². The Labute approximate surface area is 413 Å². The number of Topliss-reactive ketones (excluding diaryl/α,β-unsaturated/α-hetero) is 2. The molecule has 3 N–H and O–H groups in total. The van der Waals surface area contributed by atoms with Crippen molar-refractivity contribution >= 4 is 32.5 Å². The highest BCUT2D eigenvalue weighted by molar-refractivity contribution is 6.49. The van der Waals surface area contributed by atoms with Gasteiger partial charge in [0.15, 0.2) is 5.75 Å². The first-order valence-electron chi connectivity index (χ1n) is 25.7. The van der Waals surface area contributed by atoms with Crippen LogP contribution in [0.3, 0.4) is 0 Å². The Hall–Kier alpha value is -3.44. The molecule has 1 aromatic carbocycles. The smallest absolute Gasteiger partial charge is 0.329 e. The van der Waals surface area contributed by atoms with E-state index in [1.807, 2.05) is 52.0 Å². The highest BCUT2D eigenvalue weighted by atomic mass is 28.3. The van der Waals surface area contributed by atoms with E-state index in [9.17, 15) is 34.5 Å². The summed E-state index contributed by atoms with van der Waals surface area (Å²) in [6, 6.07) is 4.84. The molecule has 69 heavy (non-hydrogen) atoms. The molecule has 1 aromatic rings. The van der Waals surface area contributed by atoms with Gasteiger partial charge in [-0.2, -0.15) is 0 Å². The van der Waals surface area contributed by atoms with Crippen LogP contribution in [0, 0.1) is 29.6 Å². The number of aliphatic hydroxyl groups excluding tert-OH is 2. The minimum Gasteiger partial charge on any atom is -0.544 e. The fourth-order valence-electron chi connectivity index (χ4n) is 10.9. The minimum atomic E-state index is -2.53. The van der Waals surface area contributed by atoms with Gasteiger partial charge < -0.3 is 48.3 Å². The maximum absolute atomic E-state index is 14.6. The Morgan fingerprint density at radius 2 is 1.59 bits per heavy atom. The zero-order valence-electron chi connectivity index (χ0n) is 43.8. The average Bonchev–Trinajstić information content (AvgIpc) is 3.29. The molecule has 4 aliphatic rings. The van der Waals surface area contributed by atoms with Crippen molar-refractivity contribution in [3.8, 4) is 11.5 Å². The van der Waals surface area contributed by atoms with Gasteiger partial charge in [-0.15, -0.1) is 0 Å². The first-order valence-corrected chi connectivity index (χ1v) is 28.4. The van der Waals surface area contributed by atoms with Gasteiger partial charge >= 0.3 is 5.97 Å². The minimum absolute atomic E-state index is 0.0738. The molecule has 1 saturated carbocycles. The number of aliphatic hydroxyl groups is 3. The van der Waals surface area contributed by atoms with Crippen molar-refractivity contribution in [2.24, 2.45) is 29.6 Å². The largest absolute Gasteiger partial charge is 0.544 e. The SMILES string of the molecule is CCC1CC(C)=CC(C)CC(OC)C2OC(O)(C(=O)C(=O)N3CCCCC3C(=O)OC(C(C)=CC3CCC(Oc4ccc(C(C)(C)C)cc4O[SiH](C)C)C(O)C3)C(C)C(O)CC1=O)C(C)CC2OC. The number of cyclic esters (lactones) is 1. The molecule has 0 spiro atoms. The molecule has 388 valence electrons. The monoisotopic (exact) mass is 984 g/mol. The molecule has 3 fully saturated rings. The van der Waals surface area contributed by atoms with Crippen molar-refractivity contribution in [2.45, 2.75) is 206 Å². The highest BCUT2D eigenvalue weighted by Gasteiger charge is 2.56. The zero-order valence-corrected chi connectivity index (χ0v) is 45.0. The van der Waals surface area contributed by atoms with E-state index in [0.29, 0.717) is 68.4 Å². The second-order valence-electron chi connectivity index (χ2n) is 22.1.